The Bertz CT molecular complexity index is 375. The van der Waals surface area contributed by atoms with E-state index in [2.05, 4.69) is 0 Å². The molecular formula is C13H19NO3. The highest BCUT2D eigenvalue weighted by Crippen LogP contribution is 2.38. The van der Waals surface area contributed by atoms with Crippen molar-refractivity contribution in [1.29, 1.82) is 0 Å². The Kier molecular flexibility index (Phi) is 4.69. The molecule has 4 heteroatoms. The third kappa shape index (κ3) is 3.31. The lowest BCUT2D eigenvalue weighted by Gasteiger charge is -2.13. The van der Waals surface area contributed by atoms with E-state index in [-0.39, 0.29) is 0 Å². The third-order valence-electron chi connectivity index (χ3n) is 2.25. The smallest absolute Gasteiger partial charge is 0.203 e. The zero-order chi connectivity index (χ0) is 12.8. The molecule has 1 aromatic rings. The van der Waals surface area contributed by atoms with Gasteiger partial charge >= 0.3 is 0 Å². The van der Waals surface area contributed by atoms with E-state index in [1.165, 1.54) is 0 Å². The SMILES string of the molecule is COc1cc(C=CN(C)C)cc(OC)c1OC. The molecule has 0 bridgehead atoms. The van der Waals surface area contributed by atoms with E-state index in [9.17, 15) is 0 Å². The minimum atomic E-state index is 0.608. The fourth-order valence-electron chi connectivity index (χ4n) is 1.43. The standard InChI is InChI=1S/C13H19NO3/c1-14(2)7-6-10-8-11(15-3)13(17-5)12(9-10)16-4/h6-9H,1-5H3. The molecule has 0 heterocycles. The van der Waals surface area contributed by atoms with Gasteiger partial charge in [0.15, 0.2) is 11.5 Å². The molecule has 94 valence electrons. The van der Waals surface area contributed by atoms with Gasteiger partial charge in [0.1, 0.15) is 0 Å². The first kappa shape index (κ1) is 13.2. The molecule has 0 fully saturated rings. The summed E-state index contributed by atoms with van der Waals surface area (Å²) >= 11 is 0. The molecule has 0 aromatic heterocycles. The second-order valence-corrected chi connectivity index (χ2v) is 3.74. The van der Waals surface area contributed by atoms with Gasteiger partial charge in [-0.15, -0.1) is 0 Å². The lowest BCUT2D eigenvalue weighted by Crippen LogP contribution is -2.00. The summed E-state index contributed by atoms with van der Waals surface area (Å²) in [5, 5.41) is 0. The topological polar surface area (TPSA) is 30.9 Å². The molecule has 0 atom stereocenters. The number of hydrogen-bond acceptors (Lipinski definition) is 4. The molecule has 1 rings (SSSR count). The molecule has 0 amide bonds. The van der Waals surface area contributed by atoms with Gasteiger partial charge in [0.2, 0.25) is 5.75 Å². The molecule has 4 nitrogen and oxygen atoms in total. The van der Waals surface area contributed by atoms with Crippen molar-refractivity contribution in [3.05, 3.63) is 23.9 Å². The zero-order valence-electron chi connectivity index (χ0n) is 11.0. The maximum atomic E-state index is 5.27. The lowest BCUT2D eigenvalue weighted by atomic mass is 10.1. The molecule has 0 spiro atoms. The van der Waals surface area contributed by atoms with Crippen LogP contribution in [0.1, 0.15) is 5.56 Å². The van der Waals surface area contributed by atoms with Crippen LogP contribution in [0.5, 0.6) is 17.2 Å². The monoisotopic (exact) mass is 237 g/mol. The number of ether oxygens (including phenoxy) is 3. The Morgan fingerprint density at radius 3 is 1.82 bits per heavy atom. The van der Waals surface area contributed by atoms with E-state index in [1.54, 1.807) is 21.3 Å². The zero-order valence-corrected chi connectivity index (χ0v) is 11.0. The average molecular weight is 237 g/mol. The largest absolute Gasteiger partial charge is 0.493 e. The first-order chi connectivity index (χ1) is 8.12. The van der Waals surface area contributed by atoms with E-state index in [0.717, 1.165) is 5.56 Å². The van der Waals surface area contributed by atoms with Gasteiger partial charge < -0.3 is 19.1 Å². The van der Waals surface area contributed by atoms with Crippen LogP contribution < -0.4 is 14.2 Å². The van der Waals surface area contributed by atoms with Gasteiger partial charge in [-0.25, -0.2) is 0 Å². The van der Waals surface area contributed by atoms with Crippen molar-refractivity contribution in [1.82, 2.24) is 4.90 Å². The fourth-order valence-corrected chi connectivity index (χ4v) is 1.43. The second kappa shape index (κ2) is 6.03. The number of benzene rings is 1. The molecule has 0 aliphatic carbocycles. The average Bonchev–Trinajstić information content (AvgIpc) is 2.34. The quantitative estimate of drug-likeness (QED) is 0.786. The van der Waals surface area contributed by atoms with Gasteiger partial charge in [-0.05, 0) is 30.0 Å². The molecule has 1 aromatic carbocycles. The first-order valence-electron chi connectivity index (χ1n) is 5.27. The van der Waals surface area contributed by atoms with Gasteiger partial charge in [-0.2, -0.15) is 0 Å². The van der Waals surface area contributed by atoms with Crippen LogP contribution in [-0.4, -0.2) is 40.3 Å². The van der Waals surface area contributed by atoms with Crippen LogP contribution in [-0.2, 0) is 0 Å². The fraction of sp³-hybridized carbons (Fsp3) is 0.385. The van der Waals surface area contributed by atoms with Gasteiger partial charge in [0.05, 0.1) is 21.3 Å². The minimum absolute atomic E-state index is 0.608. The van der Waals surface area contributed by atoms with Crippen LogP contribution in [0.4, 0.5) is 0 Å². The van der Waals surface area contributed by atoms with Crippen LogP contribution in [0.25, 0.3) is 6.08 Å². The Balaban J connectivity index is 3.17. The molecule has 0 aliphatic rings. The maximum Gasteiger partial charge on any atom is 0.203 e. The minimum Gasteiger partial charge on any atom is -0.493 e. The number of rotatable bonds is 5. The molecule has 0 saturated carbocycles. The summed E-state index contributed by atoms with van der Waals surface area (Å²) in [4.78, 5) is 1.96. The molecule has 17 heavy (non-hydrogen) atoms. The second-order valence-electron chi connectivity index (χ2n) is 3.74. The molecular weight excluding hydrogens is 218 g/mol. The highest BCUT2D eigenvalue weighted by Gasteiger charge is 2.11. The van der Waals surface area contributed by atoms with Gasteiger partial charge in [0.25, 0.3) is 0 Å². The van der Waals surface area contributed by atoms with Gasteiger partial charge in [0, 0.05) is 14.1 Å². The van der Waals surface area contributed by atoms with Crippen LogP contribution >= 0.6 is 0 Å². The van der Waals surface area contributed by atoms with Crippen molar-refractivity contribution in [3.63, 3.8) is 0 Å². The van der Waals surface area contributed by atoms with E-state index in [0.29, 0.717) is 17.2 Å². The first-order valence-corrected chi connectivity index (χ1v) is 5.27. The Morgan fingerprint density at radius 2 is 1.47 bits per heavy atom. The van der Waals surface area contributed by atoms with Gasteiger partial charge in [-0.1, -0.05) is 0 Å². The summed E-state index contributed by atoms with van der Waals surface area (Å²) in [6.07, 6.45) is 3.94. The summed E-state index contributed by atoms with van der Waals surface area (Å²) in [6, 6.07) is 3.81. The van der Waals surface area contributed by atoms with Crippen LogP contribution in [0.2, 0.25) is 0 Å². The molecule has 0 saturated heterocycles. The van der Waals surface area contributed by atoms with Crippen LogP contribution in [0, 0.1) is 0 Å². The normalized spacial score (nSPS) is 10.4. The van der Waals surface area contributed by atoms with Crippen LogP contribution in [0.15, 0.2) is 18.3 Å². The number of methoxy groups -OCH3 is 3. The van der Waals surface area contributed by atoms with Crippen molar-refractivity contribution in [2.75, 3.05) is 35.4 Å². The lowest BCUT2D eigenvalue weighted by molar-refractivity contribution is 0.324. The number of hydrogen-bond donors (Lipinski definition) is 0. The van der Waals surface area contributed by atoms with Crippen molar-refractivity contribution in [2.24, 2.45) is 0 Å². The summed E-state index contributed by atoms with van der Waals surface area (Å²) in [6.45, 7) is 0. The third-order valence-corrected chi connectivity index (χ3v) is 2.25. The summed E-state index contributed by atoms with van der Waals surface area (Å²) in [5.74, 6) is 1.92. The highest BCUT2D eigenvalue weighted by atomic mass is 16.5. The molecule has 0 aliphatic heterocycles. The molecule has 0 unspecified atom stereocenters. The predicted octanol–water partition coefficient (Wildman–Crippen LogP) is 2.24. The van der Waals surface area contributed by atoms with E-state index in [1.807, 2.05) is 43.4 Å². The summed E-state index contributed by atoms with van der Waals surface area (Å²) in [5.41, 5.74) is 0.994. The van der Waals surface area contributed by atoms with Crippen LogP contribution in [0.3, 0.4) is 0 Å². The van der Waals surface area contributed by atoms with E-state index < -0.39 is 0 Å². The Hall–Kier alpha value is -1.84. The Morgan fingerprint density at radius 1 is 0.941 bits per heavy atom. The Labute approximate surface area is 102 Å². The van der Waals surface area contributed by atoms with Crippen molar-refractivity contribution >= 4 is 6.08 Å². The maximum absolute atomic E-state index is 5.27. The van der Waals surface area contributed by atoms with Crippen molar-refractivity contribution < 1.29 is 14.2 Å². The van der Waals surface area contributed by atoms with Crippen molar-refractivity contribution in [3.8, 4) is 17.2 Å². The number of nitrogens with zero attached hydrogens (tertiary/aromatic N) is 1. The van der Waals surface area contributed by atoms with Gasteiger partial charge in [-0.3, -0.25) is 0 Å². The summed E-state index contributed by atoms with van der Waals surface area (Å²) in [7, 11) is 8.74. The highest BCUT2D eigenvalue weighted by molar-refractivity contribution is 5.61. The van der Waals surface area contributed by atoms with E-state index in [4.69, 9.17) is 14.2 Å². The molecule has 0 radical (unpaired) electrons. The van der Waals surface area contributed by atoms with E-state index >= 15 is 0 Å². The predicted molar refractivity (Wildman–Crippen MR) is 68.8 cm³/mol. The summed E-state index contributed by atoms with van der Waals surface area (Å²) < 4.78 is 15.8. The molecule has 0 N–H and O–H groups in total. The van der Waals surface area contributed by atoms with Crippen molar-refractivity contribution in [2.45, 2.75) is 0 Å².